The molecule has 0 radical (unpaired) electrons. The Morgan fingerprint density at radius 3 is 2.67 bits per heavy atom. The van der Waals surface area contributed by atoms with Gasteiger partial charge in [-0.25, -0.2) is 0 Å². The van der Waals surface area contributed by atoms with E-state index in [2.05, 4.69) is 15.5 Å². The maximum Gasteiger partial charge on any atom is 0.311 e. The van der Waals surface area contributed by atoms with E-state index in [-0.39, 0.29) is 17.0 Å². The van der Waals surface area contributed by atoms with Crippen molar-refractivity contribution >= 4 is 17.3 Å². The van der Waals surface area contributed by atoms with E-state index in [9.17, 15) is 14.9 Å². The summed E-state index contributed by atoms with van der Waals surface area (Å²) in [6.45, 7) is 3.50. The average Bonchev–Trinajstić information content (AvgIpc) is 2.77. The van der Waals surface area contributed by atoms with Crippen LogP contribution in [0.4, 0.5) is 11.4 Å². The summed E-state index contributed by atoms with van der Waals surface area (Å²) in [6.07, 6.45) is 0. The number of nitro benzene ring substituents is 1. The molecule has 2 aromatic rings. The molecular formula is C13H14N4O4. The van der Waals surface area contributed by atoms with Gasteiger partial charge in [-0.3, -0.25) is 20.0 Å². The first-order valence-corrected chi connectivity index (χ1v) is 6.10. The van der Waals surface area contributed by atoms with Gasteiger partial charge in [0.05, 0.1) is 34.7 Å². The number of nitrogens with one attached hydrogen (secondary N) is 2. The van der Waals surface area contributed by atoms with Crippen molar-refractivity contribution < 1.29 is 14.5 Å². The molecule has 0 saturated carbocycles. The molecule has 1 aromatic heterocycles. The van der Waals surface area contributed by atoms with Crippen molar-refractivity contribution in [2.45, 2.75) is 13.8 Å². The van der Waals surface area contributed by atoms with E-state index in [1.165, 1.54) is 25.3 Å². The molecule has 2 rings (SSSR count). The number of nitrogens with zero attached hydrogens (tertiary/aromatic N) is 2. The predicted octanol–water partition coefficient (Wildman–Crippen LogP) is 2.20. The minimum Gasteiger partial charge on any atom is -0.490 e. The summed E-state index contributed by atoms with van der Waals surface area (Å²) in [7, 11) is 1.29. The molecule has 2 N–H and O–H groups in total. The monoisotopic (exact) mass is 290 g/mol. The minimum atomic E-state index is -0.593. The summed E-state index contributed by atoms with van der Waals surface area (Å²) in [5.41, 5.74) is 1.71. The molecule has 0 fully saturated rings. The number of hydrogen-bond acceptors (Lipinski definition) is 5. The highest BCUT2D eigenvalue weighted by atomic mass is 16.6. The van der Waals surface area contributed by atoms with Crippen LogP contribution in [0, 0.1) is 24.0 Å². The Bertz CT molecular complexity index is 689. The van der Waals surface area contributed by atoms with E-state index >= 15 is 0 Å². The SMILES string of the molecule is COc1c(C(=O)Nc2c(C)n[nH]c2C)cccc1[N+](=O)[O-]. The quantitative estimate of drug-likeness (QED) is 0.662. The van der Waals surface area contributed by atoms with Gasteiger partial charge in [-0.2, -0.15) is 5.10 Å². The smallest absolute Gasteiger partial charge is 0.311 e. The first-order chi connectivity index (χ1) is 9.95. The summed E-state index contributed by atoms with van der Waals surface area (Å²) in [5, 5.41) is 20.4. The Labute approximate surface area is 120 Å². The van der Waals surface area contributed by atoms with Crippen molar-refractivity contribution in [3.8, 4) is 5.75 Å². The Morgan fingerprint density at radius 1 is 1.43 bits per heavy atom. The summed E-state index contributed by atoms with van der Waals surface area (Å²) >= 11 is 0. The third kappa shape index (κ3) is 2.69. The molecule has 0 bridgehead atoms. The second kappa shape index (κ2) is 5.61. The first kappa shape index (κ1) is 14.5. The lowest BCUT2D eigenvalue weighted by molar-refractivity contribution is -0.385. The zero-order valence-corrected chi connectivity index (χ0v) is 11.8. The number of aromatic nitrogens is 2. The molecule has 8 heteroatoms. The predicted molar refractivity (Wildman–Crippen MR) is 75.7 cm³/mol. The van der Waals surface area contributed by atoms with Crippen molar-refractivity contribution in [1.82, 2.24) is 10.2 Å². The standard InChI is InChI=1S/C13H14N4O4/c1-7-11(8(2)16-15-7)14-13(18)9-5-4-6-10(17(19)20)12(9)21-3/h4-6H,1-3H3,(H,14,18)(H,15,16). The number of benzene rings is 1. The van der Waals surface area contributed by atoms with Crippen LogP contribution in [-0.2, 0) is 0 Å². The minimum absolute atomic E-state index is 0.0706. The number of rotatable bonds is 4. The molecule has 1 aromatic carbocycles. The number of methoxy groups -OCH3 is 1. The van der Waals surface area contributed by atoms with Crippen molar-refractivity contribution in [2.24, 2.45) is 0 Å². The average molecular weight is 290 g/mol. The van der Waals surface area contributed by atoms with E-state index in [0.717, 1.165) is 0 Å². The van der Waals surface area contributed by atoms with Gasteiger partial charge in [0.1, 0.15) is 0 Å². The van der Waals surface area contributed by atoms with E-state index in [1.54, 1.807) is 13.8 Å². The van der Waals surface area contributed by atoms with Gasteiger partial charge in [0.15, 0.2) is 0 Å². The van der Waals surface area contributed by atoms with E-state index in [1.807, 2.05) is 0 Å². The molecule has 1 heterocycles. The summed E-state index contributed by atoms with van der Waals surface area (Å²) in [4.78, 5) is 22.7. The molecule has 110 valence electrons. The van der Waals surface area contributed by atoms with Crippen LogP contribution in [0.2, 0.25) is 0 Å². The van der Waals surface area contributed by atoms with Crippen molar-refractivity contribution in [3.63, 3.8) is 0 Å². The van der Waals surface area contributed by atoms with Gasteiger partial charge in [-0.05, 0) is 19.9 Å². The molecular weight excluding hydrogens is 276 g/mol. The molecule has 0 atom stereocenters. The number of ether oxygens (including phenoxy) is 1. The molecule has 0 aliphatic rings. The Balaban J connectivity index is 2.40. The lowest BCUT2D eigenvalue weighted by atomic mass is 10.1. The second-order valence-corrected chi connectivity index (χ2v) is 4.38. The van der Waals surface area contributed by atoms with Gasteiger partial charge in [-0.1, -0.05) is 6.07 Å². The largest absolute Gasteiger partial charge is 0.490 e. The molecule has 8 nitrogen and oxygen atoms in total. The lowest BCUT2D eigenvalue weighted by Gasteiger charge is -2.09. The zero-order chi connectivity index (χ0) is 15.6. The molecule has 0 aliphatic carbocycles. The highest BCUT2D eigenvalue weighted by Crippen LogP contribution is 2.31. The van der Waals surface area contributed by atoms with Crippen LogP contribution in [0.15, 0.2) is 18.2 Å². The third-order valence-corrected chi connectivity index (χ3v) is 3.01. The van der Waals surface area contributed by atoms with Crippen LogP contribution in [-0.4, -0.2) is 28.1 Å². The van der Waals surface area contributed by atoms with Crippen molar-refractivity contribution in [1.29, 1.82) is 0 Å². The van der Waals surface area contributed by atoms with E-state index in [0.29, 0.717) is 17.1 Å². The maximum absolute atomic E-state index is 12.3. The van der Waals surface area contributed by atoms with Crippen molar-refractivity contribution in [3.05, 3.63) is 45.3 Å². The summed E-state index contributed by atoms with van der Waals surface area (Å²) in [5.74, 6) is -0.568. The zero-order valence-electron chi connectivity index (χ0n) is 11.8. The van der Waals surface area contributed by atoms with Gasteiger partial charge in [0.25, 0.3) is 5.91 Å². The van der Waals surface area contributed by atoms with Crippen LogP contribution in [0.25, 0.3) is 0 Å². The van der Waals surface area contributed by atoms with Gasteiger partial charge in [0.2, 0.25) is 5.75 Å². The van der Waals surface area contributed by atoms with E-state index < -0.39 is 10.8 Å². The van der Waals surface area contributed by atoms with Gasteiger partial charge in [-0.15, -0.1) is 0 Å². The van der Waals surface area contributed by atoms with Crippen LogP contribution in [0.5, 0.6) is 5.75 Å². The van der Waals surface area contributed by atoms with Crippen LogP contribution < -0.4 is 10.1 Å². The second-order valence-electron chi connectivity index (χ2n) is 4.38. The number of aryl methyl sites for hydroxylation is 2. The fraction of sp³-hybridized carbons (Fsp3) is 0.231. The molecule has 0 aliphatic heterocycles. The first-order valence-electron chi connectivity index (χ1n) is 6.10. The molecule has 0 spiro atoms. The number of amides is 1. The normalized spacial score (nSPS) is 10.2. The number of anilines is 1. The number of aromatic amines is 1. The fourth-order valence-electron chi connectivity index (χ4n) is 1.98. The Kier molecular flexibility index (Phi) is 3.88. The van der Waals surface area contributed by atoms with Crippen LogP contribution >= 0.6 is 0 Å². The molecule has 1 amide bonds. The highest BCUT2D eigenvalue weighted by molar-refractivity contribution is 6.07. The fourth-order valence-corrected chi connectivity index (χ4v) is 1.98. The molecule has 0 saturated heterocycles. The highest BCUT2D eigenvalue weighted by Gasteiger charge is 2.23. The van der Waals surface area contributed by atoms with E-state index in [4.69, 9.17) is 4.74 Å². The molecule has 21 heavy (non-hydrogen) atoms. The number of nitro groups is 1. The Hall–Kier alpha value is -2.90. The number of carbonyl (C=O) groups is 1. The maximum atomic E-state index is 12.3. The van der Waals surface area contributed by atoms with Gasteiger partial charge in [0, 0.05) is 6.07 Å². The number of hydrogen-bond donors (Lipinski definition) is 2. The van der Waals surface area contributed by atoms with Crippen LogP contribution in [0.1, 0.15) is 21.7 Å². The lowest BCUT2D eigenvalue weighted by Crippen LogP contribution is -2.14. The van der Waals surface area contributed by atoms with Crippen LogP contribution in [0.3, 0.4) is 0 Å². The number of para-hydroxylation sites is 1. The topological polar surface area (TPSA) is 110 Å². The summed E-state index contributed by atoms with van der Waals surface area (Å²) < 4.78 is 5.01. The number of carbonyl (C=O) groups excluding carboxylic acids is 1. The third-order valence-electron chi connectivity index (χ3n) is 3.01. The van der Waals surface area contributed by atoms with Crippen molar-refractivity contribution in [2.75, 3.05) is 12.4 Å². The van der Waals surface area contributed by atoms with Gasteiger partial charge < -0.3 is 10.1 Å². The van der Waals surface area contributed by atoms with Gasteiger partial charge >= 0.3 is 5.69 Å². The molecule has 0 unspecified atom stereocenters. The number of H-pyrrole nitrogens is 1. The Morgan fingerprint density at radius 2 is 2.14 bits per heavy atom. The summed E-state index contributed by atoms with van der Waals surface area (Å²) in [6, 6.07) is 4.18.